The van der Waals surface area contributed by atoms with Crippen LogP contribution in [-0.2, 0) is 0 Å². The molecule has 0 aliphatic rings. The van der Waals surface area contributed by atoms with Gasteiger partial charge in [-0.2, -0.15) is 3.71 Å². The zero-order valence-corrected chi connectivity index (χ0v) is 11.5. The van der Waals surface area contributed by atoms with Crippen molar-refractivity contribution in [1.29, 1.82) is 0 Å². The van der Waals surface area contributed by atoms with Crippen LogP contribution in [0.25, 0.3) is 0 Å². The summed E-state index contributed by atoms with van der Waals surface area (Å²) >= 11 is 8.60. The first-order valence-corrected chi connectivity index (χ1v) is 5.68. The van der Waals surface area contributed by atoms with Crippen molar-refractivity contribution in [3.8, 4) is 0 Å². The van der Waals surface area contributed by atoms with Gasteiger partial charge in [-0.1, -0.05) is 45.9 Å². The Bertz CT molecular complexity index is 193. The molecule has 0 spiro atoms. The van der Waals surface area contributed by atoms with E-state index in [9.17, 15) is 0 Å². The lowest BCUT2D eigenvalue weighted by atomic mass is 9.86. The second-order valence-corrected chi connectivity index (χ2v) is 5.22. The van der Waals surface area contributed by atoms with Gasteiger partial charge in [0.25, 0.3) is 0 Å². The Morgan fingerprint density at radius 2 is 1.86 bits per heavy atom. The predicted molar refractivity (Wildman–Crippen MR) is 70.5 cm³/mol. The van der Waals surface area contributed by atoms with Crippen LogP contribution in [0, 0.1) is 5.92 Å². The van der Waals surface area contributed by atoms with Gasteiger partial charge < -0.3 is 4.90 Å². The Morgan fingerprint density at radius 1 is 1.36 bits per heavy atom. The van der Waals surface area contributed by atoms with Crippen LogP contribution in [0.15, 0.2) is 12.3 Å². The van der Waals surface area contributed by atoms with E-state index in [0.717, 1.165) is 6.42 Å². The first kappa shape index (κ1) is 14.2. The molecule has 0 N–H and O–H groups in total. The molecule has 0 aromatic carbocycles. The molecule has 2 nitrogen and oxygen atoms in total. The summed E-state index contributed by atoms with van der Waals surface area (Å²) in [6, 6.07) is 0. The van der Waals surface area contributed by atoms with Gasteiger partial charge in [-0.15, -0.1) is 0 Å². The van der Waals surface area contributed by atoms with Crippen molar-refractivity contribution in [1.82, 2.24) is 8.61 Å². The van der Waals surface area contributed by atoms with Crippen molar-refractivity contribution in [2.24, 2.45) is 5.92 Å². The fourth-order valence-corrected chi connectivity index (χ4v) is 1.67. The zero-order valence-electron chi connectivity index (χ0n) is 9.73. The minimum Gasteiger partial charge on any atom is -0.384 e. The summed E-state index contributed by atoms with van der Waals surface area (Å²) in [6.07, 6.45) is 5.29. The number of nitrogens with zero attached hydrogens (tertiary/aromatic N) is 2. The molecule has 0 heterocycles. The van der Waals surface area contributed by atoms with E-state index in [1.54, 1.807) is 3.71 Å². The monoisotopic (exact) mass is 234 g/mol. The van der Waals surface area contributed by atoms with E-state index in [4.69, 9.17) is 0 Å². The SMILES string of the molecule is CCC(C)[C@@](C)(/C=C\N(C)C)N(S)S. The number of hydrogen-bond acceptors (Lipinski definition) is 4. The maximum atomic E-state index is 4.30. The fraction of sp³-hybridized carbons (Fsp3) is 0.800. The molecule has 0 rings (SSSR count). The minimum absolute atomic E-state index is 0.120. The Labute approximate surface area is 99.4 Å². The minimum atomic E-state index is -0.120. The molecule has 0 aliphatic carbocycles. The smallest absolute Gasteiger partial charge is 0.0613 e. The molecule has 0 fully saturated rings. The summed E-state index contributed by atoms with van der Waals surface area (Å²) in [5.41, 5.74) is -0.120. The van der Waals surface area contributed by atoms with Gasteiger partial charge in [0.15, 0.2) is 0 Å². The van der Waals surface area contributed by atoms with Crippen LogP contribution in [0.3, 0.4) is 0 Å². The topological polar surface area (TPSA) is 6.48 Å². The van der Waals surface area contributed by atoms with Crippen molar-refractivity contribution in [3.05, 3.63) is 12.3 Å². The summed E-state index contributed by atoms with van der Waals surface area (Å²) in [5.74, 6) is 0.508. The van der Waals surface area contributed by atoms with Gasteiger partial charge in [0.1, 0.15) is 0 Å². The van der Waals surface area contributed by atoms with E-state index >= 15 is 0 Å². The second-order valence-electron chi connectivity index (χ2n) is 4.10. The zero-order chi connectivity index (χ0) is 11.4. The Morgan fingerprint density at radius 3 is 2.14 bits per heavy atom. The highest BCUT2D eigenvalue weighted by Gasteiger charge is 2.31. The largest absolute Gasteiger partial charge is 0.384 e. The molecule has 0 bridgehead atoms. The van der Waals surface area contributed by atoms with Gasteiger partial charge in [0, 0.05) is 14.1 Å². The van der Waals surface area contributed by atoms with E-state index in [1.165, 1.54) is 0 Å². The van der Waals surface area contributed by atoms with Crippen molar-refractivity contribution >= 4 is 25.6 Å². The Kier molecular flexibility index (Phi) is 6.02. The molecule has 0 aromatic rings. The van der Waals surface area contributed by atoms with E-state index in [-0.39, 0.29) is 5.54 Å². The number of hydrogen-bond donors (Lipinski definition) is 2. The van der Waals surface area contributed by atoms with Gasteiger partial charge in [-0.3, -0.25) is 0 Å². The van der Waals surface area contributed by atoms with Crippen LogP contribution in [0.1, 0.15) is 27.2 Å². The summed E-state index contributed by atoms with van der Waals surface area (Å²) < 4.78 is 1.68. The molecule has 0 radical (unpaired) electrons. The van der Waals surface area contributed by atoms with Gasteiger partial charge in [-0.25, -0.2) is 0 Å². The average Bonchev–Trinajstić information content (AvgIpc) is 2.12. The van der Waals surface area contributed by atoms with Crippen LogP contribution in [0.4, 0.5) is 0 Å². The summed E-state index contributed by atoms with van der Waals surface area (Å²) in [5, 5.41) is 0. The predicted octanol–water partition coefficient (Wildman–Crippen LogP) is 2.86. The van der Waals surface area contributed by atoms with Crippen LogP contribution in [-0.4, -0.2) is 28.2 Å². The van der Waals surface area contributed by atoms with Crippen molar-refractivity contribution in [3.63, 3.8) is 0 Å². The maximum absolute atomic E-state index is 4.30. The molecular formula is C10H22N2S2. The molecule has 0 aliphatic heterocycles. The van der Waals surface area contributed by atoms with Crippen molar-refractivity contribution in [2.75, 3.05) is 14.1 Å². The molecule has 14 heavy (non-hydrogen) atoms. The maximum Gasteiger partial charge on any atom is 0.0613 e. The van der Waals surface area contributed by atoms with E-state index < -0.39 is 0 Å². The van der Waals surface area contributed by atoms with E-state index in [2.05, 4.69) is 52.5 Å². The van der Waals surface area contributed by atoms with Crippen molar-refractivity contribution in [2.45, 2.75) is 32.7 Å². The molecule has 84 valence electrons. The summed E-state index contributed by atoms with van der Waals surface area (Å²) in [7, 11) is 4.02. The standard InChI is InChI=1S/C10H22N2S2/c1-6-9(2)10(3,12(13)14)7-8-11(4)5/h7-9,13-14H,6H2,1-5H3/b8-7-/t9?,10-/m1/s1. The average molecular weight is 234 g/mol. The highest BCUT2D eigenvalue weighted by atomic mass is 32.2. The van der Waals surface area contributed by atoms with Gasteiger partial charge in [0.05, 0.1) is 5.54 Å². The molecule has 2 atom stereocenters. The highest BCUT2D eigenvalue weighted by molar-refractivity contribution is 7.93. The van der Waals surface area contributed by atoms with Crippen LogP contribution in [0.5, 0.6) is 0 Å². The third-order valence-electron chi connectivity index (χ3n) is 2.75. The van der Waals surface area contributed by atoms with E-state index in [0.29, 0.717) is 5.92 Å². The molecule has 4 heteroatoms. The van der Waals surface area contributed by atoms with E-state index in [1.807, 2.05) is 25.2 Å². The molecule has 0 amide bonds. The fourth-order valence-electron chi connectivity index (χ4n) is 1.14. The molecular weight excluding hydrogens is 212 g/mol. The normalized spacial score (nSPS) is 18.6. The quantitative estimate of drug-likeness (QED) is 0.706. The number of thiol groups is 2. The summed E-state index contributed by atoms with van der Waals surface area (Å²) in [6.45, 7) is 6.53. The van der Waals surface area contributed by atoms with Crippen LogP contribution in [0.2, 0.25) is 0 Å². The molecule has 0 saturated carbocycles. The highest BCUT2D eigenvalue weighted by Crippen LogP contribution is 2.31. The lowest BCUT2D eigenvalue weighted by Gasteiger charge is -2.37. The second kappa shape index (κ2) is 5.93. The third kappa shape index (κ3) is 3.75. The van der Waals surface area contributed by atoms with Gasteiger partial charge in [0.2, 0.25) is 0 Å². The molecule has 1 unspecified atom stereocenters. The lowest BCUT2D eigenvalue weighted by molar-refractivity contribution is 0.284. The van der Waals surface area contributed by atoms with Crippen molar-refractivity contribution < 1.29 is 0 Å². The lowest BCUT2D eigenvalue weighted by Crippen LogP contribution is -2.40. The molecule has 0 saturated heterocycles. The molecule has 0 aromatic heterocycles. The van der Waals surface area contributed by atoms with Gasteiger partial charge >= 0.3 is 0 Å². The number of rotatable bonds is 5. The first-order chi connectivity index (χ1) is 6.34. The van der Waals surface area contributed by atoms with Crippen LogP contribution < -0.4 is 0 Å². The van der Waals surface area contributed by atoms with Crippen LogP contribution >= 0.6 is 25.6 Å². The first-order valence-electron chi connectivity index (χ1n) is 4.88. The third-order valence-corrected chi connectivity index (χ3v) is 3.61. The Hall–Kier alpha value is 0.200. The Balaban J connectivity index is 4.72. The summed E-state index contributed by atoms with van der Waals surface area (Å²) in [4.78, 5) is 2.02. The van der Waals surface area contributed by atoms with Gasteiger partial charge in [-0.05, 0) is 25.1 Å².